The number of aliphatic hydroxyl groups is 1. The van der Waals surface area contributed by atoms with Crippen LogP contribution in [-0.4, -0.2) is 75.0 Å². The fraction of sp³-hybridized carbons (Fsp3) is 0.436. The highest BCUT2D eigenvalue weighted by Crippen LogP contribution is 2.37. The predicted molar refractivity (Wildman–Crippen MR) is 189 cm³/mol. The Morgan fingerprint density at radius 1 is 0.885 bits per heavy atom. The SMILES string of the molecule is O=C1CCC(c2ccccc2CN2CCN(Cc3ccc4c(c3)nc(NC(=O)c3cccc(C(F)(F)F)c3)n4C3CCC(CO)CC3)CC2)C(=O)N1. The summed E-state index contributed by atoms with van der Waals surface area (Å²) in [5, 5.41) is 15.0. The summed E-state index contributed by atoms with van der Waals surface area (Å²) in [4.78, 5) is 47.2. The molecule has 7 rings (SSSR count). The molecule has 10 nitrogen and oxygen atoms in total. The number of alkyl halides is 3. The summed E-state index contributed by atoms with van der Waals surface area (Å²) in [6.45, 7) is 4.95. The van der Waals surface area contributed by atoms with Gasteiger partial charge in [-0.2, -0.15) is 13.2 Å². The van der Waals surface area contributed by atoms with E-state index in [2.05, 4.69) is 32.6 Å². The van der Waals surface area contributed by atoms with E-state index in [9.17, 15) is 32.7 Å². The van der Waals surface area contributed by atoms with Crippen LogP contribution in [0.25, 0.3) is 11.0 Å². The molecular weight excluding hydrogens is 673 g/mol. The minimum Gasteiger partial charge on any atom is -0.396 e. The lowest BCUT2D eigenvalue weighted by Crippen LogP contribution is -2.45. The van der Waals surface area contributed by atoms with Crippen molar-refractivity contribution in [3.05, 3.63) is 94.5 Å². The molecule has 274 valence electrons. The largest absolute Gasteiger partial charge is 0.416 e. The molecule has 3 fully saturated rings. The van der Waals surface area contributed by atoms with Crippen molar-refractivity contribution in [3.63, 3.8) is 0 Å². The smallest absolute Gasteiger partial charge is 0.396 e. The Bertz CT molecular complexity index is 1950. The number of aliphatic hydroxyl groups excluding tert-OH is 1. The monoisotopic (exact) mass is 716 g/mol. The Kier molecular flexibility index (Phi) is 10.4. The summed E-state index contributed by atoms with van der Waals surface area (Å²) < 4.78 is 42.2. The maximum absolute atomic E-state index is 13.4. The van der Waals surface area contributed by atoms with Crippen molar-refractivity contribution in [1.82, 2.24) is 24.7 Å². The summed E-state index contributed by atoms with van der Waals surface area (Å²) in [5.74, 6) is -0.906. The van der Waals surface area contributed by atoms with E-state index < -0.39 is 17.6 Å². The van der Waals surface area contributed by atoms with Crippen molar-refractivity contribution in [1.29, 1.82) is 0 Å². The fourth-order valence-electron chi connectivity index (χ4n) is 7.91. The van der Waals surface area contributed by atoms with E-state index in [0.717, 1.165) is 92.7 Å². The quantitative estimate of drug-likeness (QED) is 0.186. The number of piperidine rings is 1. The number of hydrogen-bond donors (Lipinski definition) is 3. The number of nitrogens with one attached hydrogen (secondary N) is 2. The third-order valence-electron chi connectivity index (χ3n) is 10.8. The minimum atomic E-state index is -4.57. The summed E-state index contributed by atoms with van der Waals surface area (Å²) >= 11 is 0. The van der Waals surface area contributed by atoms with Crippen LogP contribution >= 0.6 is 0 Å². The third-order valence-corrected chi connectivity index (χ3v) is 10.8. The lowest BCUT2D eigenvalue weighted by molar-refractivity contribution is -0.138. The molecule has 0 radical (unpaired) electrons. The first-order valence-electron chi connectivity index (χ1n) is 18.0. The topological polar surface area (TPSA) is 120 Å². The van der Waals surface area contributed by atoms with Gasteiger partial charge in [-0.1, -0.05) is 36.4 Å². The number of nitrogens with zero attached hydrogens (tertiary/aromatic N) is 4. The van der Waals surface area contributed by atoms with Gasteiger partial charge < -0.3 is 9.67 Å². The van der Waals surface area contributed by atoms with E-state index in [4.69, 9.17) is 4.98 Å². The average Bonchev–Trinajstić information content (AvgIpc) is 3.49. The van der Waals surface area contributed by atoms with Gasteiger partial charge in [0.25, 0.3) is 5.91 Å². The summed E-state index contributed by atoms with van der Waals surface area (Å²) in [6.07, 6.45) is -0.479. The van der Waals surface area contributed by atoms with E-state index in [1.54, 1.807) is 0 Å². The minimum absolute atomic E-state index is 0.0173. The number of carbonyl (C=O) groups excluding carboxylic acids is 3. The van der Waals surface area contributed by atoms with Crippen LogP contribution in [0.4, 0.5) is 19.1 Å². The molecule has 3 aliphatic rings. The van der Waals surface area contributed by atoms with Gasteiger partial charge in [-0.25, -0.2) is 4.98 Å². The van der Waals surface area contributed by atoms with Gasteiger partial charge in [0.1, 0.15) is 0 Å². The molecule has 52 heavy (non-hydrogen) atoms. The van der Waals surface area contributed by atoms with E-state index >= 15 is 0 Å². The summed E-state index contributed by atoms with van der Waals surface area (Å²) in [7, 11) is 0. The van der Waals surface area contributed by atoms with Crippen molar-refractivity contribution >= 4 is 34.7 Å². The number of amides is 3. The maximum atomic E-state index is 13.4. The number of benzene rings is 3. The van der Waals surface area contributed by atoms with Gasteiger partial charge in [0.05, 0.1) is 22.5 Å². The Balaban J connectivity index is 1.04. The molecule has 0 spiro atoms. The molecule has 3 N–H and O–H groups in total. The highest BCUT2D eigenvalue weighted by molar-refractivity contribution is 6.04. The van der Waals surface area contributed by atoms with Crippen LogP contribution in [0.1, 0.15) is 83.1 Å². The van der Waals surface area contributed by atoms with Crippen molar-refractivity contribution in [2.75, 3.05) is 38.1 Å². The van der Waals surface area contributed by atoms with E-state index in [1.165, 1.54) is 12.1 Å². The molecule has 13 heteroatoms. The number of halogens is 3. The predicted octanol–water partition coefficient (Wildman–Crippen LogP) is 5.87. The molecule has 2 aliphatic heterocycles. The van der Waals surface area contributed by atoms with Crippen LogP contribution < -0.4 is 10.6 Å². The van der Waals surface area contributed by atoms with Crippen molar-refractivity contribution in [3.8, 4) is 0 Å². The number of aromatic nitrogens is 2. The van der Waals surface area contributed by atoms with Crippen LogP contribution in [0.5, 0.6) is 0 Å². The van der Waals surface area contributed by atoms with Crippen LogP contribution in [0, 0.1) is 5.92 Å². The van der Waals surface area contributed by atoms with Gasteiger partial charge in [-0.3, -0.25) is 34.8 Å². The molecule has 4 aromatic rings. The second kappa shape index (κ2) is 15.2. The van der Waals surface area contributed by atoms with Crippen LogP contribution in [0.2, 0.25) is 0 Å². The molecule has 1 aliphatic carbocycles. The molecule has 1 aromatic heterocycles. The first kappa shape index (κ1) is 35.8. The van der Waals surface area contributed by atoms with Gasteiger partial charge in [0.2, 0.25) is 17.8 Å². The van der Waals surface area contributed by atoms with Gasteiger partial charge >= 0.3 is 6.18 Å². The van der Waals surface area contributed by atoms with Crippen LogP contribution in [-0.2, 0) is 28.9 Å². The zero-order valence-electron chi connectivity index (χ0n) is 28.9. The lowest BCUT2D eigenvalue weighted by Gasteiger charge is -2.35. The second-order valence-electron chi connectivity index (χ2n) is 14.3. The number of hydrogen-bond acceptors (Lipinski definition) is 7. The summed E-state index contributed by atoms with van der Waals surface area (Å²) in [6, 6.07) is 18.5. The number of anilines is 1. The number of carbonyl (C=O) groups is 3. The van der Waals surface area contributed by atoms with Gasteiger partial charge in [-0.15, -0.1) is 0 Å². The molecule has 1 atom stereocenters. The van der Waals surface area contributed by atoms with Gasteiger partial charge in [0, 0.05) is 63.9 Å². The molecule has 1 unspecified atom stereocenters. The summed E-state index contributed by atoms with van der Waals surface area (Å²) in [5.41, 5.74) is 3.70. The van der Waals surface area contributed by atoms with Crippen molar-refractivity contribution in [2.45, 2.75) is 69.8 Å². The van der Waals surface area contributed by atoms with Crippen LogP contribution in [0.3, 0.4) is 0 Å². The zero-order valence-corrected chi connectivity index (χ0v) is 28.9. The first-order valence-corrected chi connectivity index (χ1v) is 18.0. The first-order chi connectivity index (χ1) is 25.1. The normalized spacial score (nSPS) is 22.0. The number of piperazine rings is 1. The maximum Gasteiger partial charge on any atom is 0.416 e. The van der Waals surface area contributed by atoms with Crippen LogP contribution in [0.15, 0.2) is 66.7 Å². The van der Waals surface area contributed by atoms with E-state index in [-0.39, 0.29) is 41.9 Å². The zero-order chi connectivity index (χ0) is 36.4. The van der Waals surface area contributed by atoms with E-state index in [1.807, 2.05) is 34.9 Å². The molecule has 3 aromatic carbocycles. The Morgan fingerprint density at radius 3 is 2.33 bits per heavy atom. The Morgan fingerprint density at radius 2 is 1.62 bits per heavy atom. The number of rotatable bonds is 9. The number of fused-ring (bicyclic) bond motifs is 1. The fourth-order valence-corrected chi connectivity index (χ4v) is 7.91. The molecule has 3 amide bonds. The average molecular weight is 717 g/mol. The molecule has 3 heterocycles. The molecule has 0 bridgehead atoms. The standard InChI is InChI=1S/C39H43F3N6O4/c40-39(41,42)29-6-3-5-27(21-29)36(51)45-38-43-33-20-26(10-14-34(33)48(38)30-11-8-25(24-49)9-12-30)22-46-16-18-47(19-17-46)23-28-4-1-2-7-31(28)32-13-15-35(50)44-37(32)52/h1-7,10,14,20-21,25,30,32,49H,8-9,11-13,15-19,22-24H2,(H,43,45,51)(H,44,50,52). The molecular formula is C39H43F3N6O4. The van der Waals surface area contributed by atoms with Gasteiger partial charge in [0.15, 0.2) is 0 Å². The van der Waals surface area contributed by atoms with E-state index in [0.29, 0.717) is 30.9 Å². The Labute approximate surface area is 300 Å². The van der Waals surface area contributed by atoms with Crippen molar-refractivity contribution < 1.29 is 32.7 Å². The molecule has 1 saturated carbocycles. The molecule has 2 saturated heterocycles. The third kappa shape index (κ3) is 7.91. The number of imide groups is 1. The highest BCUT2D eigenvalue weighted by Gasteiger charge is 2.32. The number of imidazole rings is 1. The lowest BCUT2D eigenvalue weighted by atomic mass is 9.86. The Hall–Kier alpha value is -4.59. The van der Waals surface area contributed by atoms with Crippen molar-refractivity contribution in [2.24, 2.45) is 5.92 Å². The highest BCUT2D eigenvalue weighted by atomic mass is 19.4. The second-order valence-corrected chi connectivity index (χ2v) is 14.3. The van der Waals surface area contributed by atoms with Gasteiger partial charge in [-0.05, 0) is 85.0 Å².